The molecule has 1 aliphatic rings. The van der Waals surface area contributed by atoms with Gasteiger partial charge in [-0.1, -0.05) is 42.8 Å². The Bertz CT molecular complexity index is 1090. The number of aryl methyl sites for hydroxylation is 1. The van der Waals surface area contributed by atoms with Gasteiger partial charge in [-0.2, -0.15) is 4.31 Å². The summed E-state index contributed by atoms with van der Waals surface area (Å²) in [6.45, 7) is 5.17. The van der Waals surface area contributed by atoms with Crippen molar-refractivity contribution in [3.63, 3.8) is 0 Å². The van der Waals surface area contributed by atoms with Crippen LogP contribution in [0, 0.1) is 0 Å². The standard InChI is InChI=1S/C22H24ClN3O2S2/c1-2-17-3-9-20(10-4-17)30(27,28)26-13-11-25(12-14-26)15-22-24-21(16-29-22)18-5-7-19(23)8-6-18/h3-10,16H,2,11-15H2,1H3. The van der Waals surface area contributed by atoms with Crippen LogP contribution >= 0.6 is 22.9 Å². The van der Waals surface area contributed by atoms with Crippen LogP contribution in [-0.4, -0.2) is 48.8 Å². The third kappa shape index (κ3) is 4.76. The molecule has 1 saturated heterocycles. The van der Waals surface area contributed by atoms with Crippen molar-refractivity contribution >= 4 is 33.0 Å². The molecule has 4 rings (SSSR count). The first kappa shape index (κ1) is 21.5. The van der Waals surface area contributed by atoms with Gasteiger partial charge in [-0.3, -0.25) is 4.90 Å². The highest BCUT2D eigenvalue weighted by Crippen LogP contribution is 2.25. The molecular formula is C22H24ClN3O2S2. The van der Waals surface area contributed by atoms with Crippen molar-refractivity contribution < 1.29 is 8.42 Å². The highest BCUT2D eigenvalue weighted by molar-refractivity contribution is 7.89. The molecule has 158 valence electrons. The van der Waals surface area contributed by atoms with E-state index in [4.69, 9.17) is 16.6 Å². The van der Waals surface area contributed by atoms with Gasteiger partial charge < -0.3 is 0 Å². The summed E-state index contributed by atoms with van der Waals surface area (Å²) >= 11 is 7.59. The van der Waals surface area contributed by atoms with Gasteiger partial charge in [0.25, 0.3) is 0 Å². The van der Waals surface area contributed by atoms with Gasteiger partial charge in [0.15, 0.2) is 0 Å². The van der Waals surface area contributed by atoms with Crippen LogP contribution in [0.1, 0.15) is 17.5 Å². The summed E-state index contributed by atoms with van der Waals surface area (Å²) in [5, 5.41) is 3.80. The molecule has 0 saturated carbocycles. The second-order valence-electron chi connectivity index (χ2n) is 7.31. The first-order valence-corrected chi connectivity index (χ1v) is 12.7. The first-order valence-electron chi connectivity index (χ1n) is 9.97. The normalized spacial score (nSPS) is 16.1. The van der Waals surface area contributed by atoms with Crippen molar-refractivity contribution in [2.45, 2.75) is 24.8 Å². The Morgan fingerprint density at radius 3 is 2.30 bits per heavy atom. The van der Waals surface area contributed by atoms with Gasteiger partial charge in [-0.15, -0.1) is 11.3 Å². The van der Waals surface area contributed by atoms with Crippen LogP contribution in [0.5, 0.6) is 0 Å². The van der Waals surface area contributed by atoms with E-state index in [0.717, 1.165) is 34.8 Å². The highest BCUT2D eigenvalue weighted by atomic mass is 35.5. The summed E-state index contributed by atoms with van der Waals surface area (Å²) in [5.41, 5.74) is 3.13. The molecule has 2 aromatic carbocycles. The lowest BCUT2D eigenvalue weighted by molar-refractivity contribution is 0.181. The van der Waals surface area contributed by atoms with Crippen LogP contribution in [0.15, 0.2) is 58.8 Å². The van der Waals surface area contributed by atoms with E-state index >= 15 is 0 Å². The van der Waals surface area contributed by atoms with Crippen LogP contribution < -0.4 is 0 Å². The van der Waals surface area contributed by atoms with Crippen molar-refractivity contribution in [2.75, 3.05) is 26.2 Å². The SMILES string of the molecule is CCc1ccc(S(=O)(=O)N2CCN(Cc3nc(-c4ccc(Cl)cc4)cs3)CC2)cc1. The van der Waals surface area contributed by atoms with Crippen LogP contribution in [0.2, 0.25) is 5.02 Å². The predicted molar refractivity (Wildman–Crippen MR) is 122 cm³/mol. The van der Waals surface area contributed by atoms with Crippen LogP contribution in [0.25, 0.3) is 11.3 Å². The minimum absolute atomic E-state index is 0.376. The molecule has 0 unspecified atom stereocenters. The Morgan fingerprint density at radius 2 is 1.67 bits per heavy atom. The van der Waals surface area contributed by atoms with E-state index in [9.17, 15) is 8.42 Å². The van der Waals surface area contributed by atoms with E-state index in [1.165, 1.54) is 0 Å². The summed E-state index contributed by atoms with van der Waals surface area (Å²) in [4.78, 5) is 7.37. The summed E-state index contributed by atoms with van der Waals surface area (Å²) in [7, 11) is -3.44. The number of thiazole rings is 1. The fourth-order valence-electron chi connectivity index (χ4n) is 3.50. The van der Waals surface area contributed by atoms with Gasteiger partial charge in [0, 0.05) is 42.1 Å². The third-order valence-electron chi connectivity index (χ3n) is 5.35. The molecule has 1 fully saturated rings. The molecular weight excluding hydrogens is 438 g/mol. The number of piperazine rings is 1. The van der Waals surface area contributed by atoms with E-state index in [2.05, 4.69) is 17.2 Å². The summed E-state index contributed by atoms with van der Waals surface area (Å²) in [5.74, 6) is 0. The van der Waals surface area contributed by atoms with E-state index in [0.29, 0.717) is 36.1 Å². The monoisotopic (exact) mass is 461 g/mol. The first-order chi connectivity index (χ1) is 14.5. The summed E-state index contributed by atoms with van der Waals surface area (Å²) in [6.07, 6.45) is 0.898. The molecule has 5 nitrogen and oxygen atoms in total. The van der Waals surface area contributed by atoms with E-state index in [1.807, 2.05) is 36.4 Å². The number of sulfonamides is 1. The maximum absolute atomic E-state index is 12.9. The second kappa shape index (κ2) is 9.16. The summed E-state index contributed by atoms with van der Waals surface area (Å²) in [6, 6.07) is 14.9. The maximum Gasteiger partial charge on any atom is 0.243 e. The number of rotatable bonds is 6. The lowest BCUT2D eigenvalue weighted by Gasteiger charge is -2.33. The summed E-state index contributed by atoms with van der Waals surface area (Å²) < 4.78 is 27.4. The minimum Gasteiger partial charge on any atom is -0.294 e. The average Bonchev–Trinajstić information content (AvgIpc) is 3.23. The van der Waals surface area contributed by atoms with Gasteiger partial charge in [-0.05, 0) is 36.2 Å². The quantitative estimate of drug-likeness (QED) is 0.541. The highest BCUT2D eigenvalue weighted by Gasteiger charge is 2.28. The Kier molecular flexibility index (Phi) is 6.55. The van der Waals surface area contributed by atoms with Gasteiger partial charge in [-0.25, -0.2) is 13.4 Å². The fourth-order valence-corrected chi connectivity index (χ4v) is 5.90. The van der Waals surface area contributed by atoms with Crippen molar-refractivity contribution in [1.82, 2.24) is 14.2 Å². The fraction of sp³-hybridized carbons (Fsp3) is 0.318. The predicted octanol–water partition coefficient (Wildman–Crippen LogP) is 4.53. The molecule has 2 heterocycles. The second-order valence-corrected chi connectivity index (χ2v) is 10.6. The van der Waals surface area contributed by atoms with E-state index in [-0.39, 0.29) is 0 Å². The number of hydrogen-bond acceptors (Lipinski definition) is 5. The molecule has 1 aliphatic heterocycles. The smallest absolute Gasteiger partial charge is 0.243 e. The molecule has 30 heavy (non-hydrogen) atoms. The number of nitrogens with zero attached hydrogens (tertiary/aromatic N) is 3. The number of halogens is 1. The molecule has 0 aliphatic carbocycles. The molecule has 0 atom stereocenters. The van der Waals surface area contributed by atoms with Crippen molar-refractivity contribution in [2.24, 2.45) is 0 Å². The number of aromatic nitrogens is 1. The van der Waals surface area contributed by atoms with Crippen molar-refractivity contribution in [1.29, 1.82) is 0 Å². The minimum atomic E-state index is -3.44. The van der Waals surface area contributed by atoms with E-state index < -0.39 is 10.0 Å². The zero-order valence-electron chi connectivity index (χ0n) is 16.8. The largest absolute Gasteiger partial charge is 0.294 e. The van der Waals surface area contributed by atoms with E-state index in [1.54, 1.807) is 27.8 Å². The zero-order chi connectivity index (χ0) is 21.1. The molecule has 8 heteroatoms. The Hall–Kier alpha value is -1.77. The van der Waals surface area contributed by atoms with Gasteiger partial charge in [0.05, 0.1) is 17.1 Å². The Morgan fingerprint density at radius 1 is 1.00 bits per heavy atom. The lowest BCUT2D eigenvalue weighted by atomic mass is 10.2. The lowest BCUT2D eigenvalue weighted by Crippen LogP contribution is -2.48. The van der Waals surface area contributed by atoms with Gasteiger partial charge >= 0.3 is 0 Å². The molecule has 3 aromatic rings. The third-order valence-corrected chi connectivity index (χ3v) is 8.35. The topological polar surface area (TPSA) is 53.5 Å². The molecule has 0 radical (unpaired) electrons. The molecule has 0 spiro atoms. The number of hydrogen-bond donors (Lipinski definition) is 0. The van der Waals surface area contributed by atoms with Crippen molar-refractivity contribution in [3.05, 3.63) is 69.5 Å². The van der Waals surface area contributed by atoms with Gasteiger partial charge in [0.1, 0.15) is 5.01 Å². The Balaban J connectivity index is 1.36. The maximum atomic E-state index is 12.9. The molecule has 1 aromatic heterocycles. The van der Waals surface area contributed by atoms with Crippen molar-refractivity contribution in [3.8, 4) is 11.3 Å². The molecule has 0 amide bonds. The van der Waals surface area contributed by atoms with Gasteiger partial charge in [0.2, 0.25) is 10.0 Å². The Labute approximate surface area is 187 Å². The number of benzene rings is 2. The van der Waals surface area contributed by atoms with Crippen LogP contribution in [-0.2, 0) is 23.0 Å². The molecule has 0 N–H and O–H groups in total. The van der Waals surface area contributed by atoms with Crippen LogP contribution in [0.3, 0.4) is 0 Å². The zero-order valence-corrected chi connectivity index (χ0v) is 19.2. The molecule has 0 bridgehead atoms. The average molecular weight is 462 g/mol. The van der Waals surface area contributed by atoms with Crippen LogP contribution in [0.4, 0.5) is 0 Å².